The highest BCUT2D eigenvalue weighted by Crippen LogP contribution is 2.20. The number of nitrogens with zero attached hydrogens (tertiary/aromatic N) is 3. The summed E-state index contributed by atoms with van der Waals surface area (Å²) in [5.74, 6) is 2.47. The van der Waals surface area contributed by atoms with Crippen LogP contribution < -0.4 is 20.3 Å². The van der Waals surface area contributed by atoms with Crippen LogP contribution >= 0.6 is 0 Å². The van der Waals surface area contributed by atoms with Crippen LogP contribution in [0.3, 0.4) is 0 Å². The second kappa shape index (κ2) is 11.6. The maximum Gasteiger partial charge on any atom is 0.191 e. The van der Waals surface area contributed by atoms with E-state index in [2.05, 4.69) is 37.6 Å². The molecule has 7 nitrogen and oxygen atoms in total. The van der Waals surface area contributed by atoms with Crippen LogP contribution in [0, 0.1) is 0 Å². The van der Waals surface area contributed by atoms with Crippen LogP contribution in [0.5, 0.6) is 5.75 Å². The number of ether oxygens (including phenoxy) is 1. The zero-order chi connectivity index (χ0) is 22.1. The molecule has 0 radical (unpaired) electrons. The average Bonchev–Trinajstić information content (AvgIpc) is 3.30. The Labute approximate surface area is 185 Å². The summed E-state index contributed by atoms with van der Waals surface area (Å²) in [6, 6.07) is 11.7. The number of aliphatic imine (C=N–C) groups is 1. The van der Waals surface area contributed by atoms with Crippen molar-refractivity contribution in [1.82, 2.24) is 15.6 Å². The molecule has 31 heavy (non-hydrogen) atoms. The van der Waals surface area contributed by atoms with Crippen molar-refractivity contribution in [3.05, 3.63) is 53.7 Å². The maximum absolute atomic E-state index is 10.6. The zero-order valence-electron chi connectivity index (χ0n) is 18.8. The summed E-state index contributed by atoms with van der Waals surface area (Å²) < 4.78 is 5.72. The number of hydrogen-bond donors (Lipinski definition) is 3. The molecule has 7 heteroatoms. The first-order chi connectivity index (χ1) is 15.0. The first-order valence-electron chi connectivity index (χ1n) is 11.2. The number of hydrogen-bond acceptors (Lipinski definition) is 5. The molecule has 1 fully saturated rings. The molecule has 1 aromatic heterocycles. The van der Waals surface area contributed by atoms with Crippen LogP contribution in [0.15, 0.2) is 47.6 Å². The van der Waals surface area contributed by atoms with Gasteiger partial charge >= 0.3 is 0 Å². The molecule has 3 rings (SSSR count). The molecular weight excluding hydrogens is 390 g/mol. The Kier molecular flexibility index (Phi) is 8.53. The summed E-state index contributed by atoms with van der Waals surface area (Å²) in [5, 5.41) is 17.1. The number of aromatic nitrogens is 1. The predicted octanol–water partition coefficient (Wildman–Crippen LogP) is 3.26. The highest BCUT2D eigenvalue weighted by molar-refractivity contribution is 5.79. The van der Waals surface area contributed by atoms with E-state index in [0.29, 0.717) is 19.0 Å². The van der Waals surface area contributed by atoms with Gasteiger partial charge in [-0.2, -0.15) is 0 Å². The lowest BCUT2D eigenvalue weighted by atomic mass is 10.1. The molecule has 3 N–H and O–H groups in total. The summed E-state index contributed by atoms with van der Waals surface area (Å²) in [6.07, 6.45) is 3.81. The maximum atomic E-state index is 10.6. The van der Waals surface area contributed by atoms with E-state index < -0.39 is 6.10 Å². The number of aliphatic hydroxyl groups is 1. The van der Waals surface area contributed by atoms with Gasteiger partial charge in [-0.25, -0.2) is 9.98 Å². The number of anilines is 1. The molecule has 1 aromatic carbocycles. The first-order valence-corrected chi connectivity index (χ1v) is 11.2. The Morgan fingerprint density at radius 2 is 2.00 bits per heavy atom. The average molecular weight is 426 g/mol. The van der Waals surface area contributed by atoms with Crippen molar-refractivity contribution in [2.45, 2.75) is 52.4 Å². The van der Waals surface area contributed by atoms with Gasteiger partial charge in [-0.05, 0) is 62.9 Å². The van der Waals surface area contributed by atoms with E-state index in [1.165, 1.54) is 12.8 Å². The van der Waals surface area contributed by atoms with Gasteiger partial charge in [0.25, 0.3) is 0 Å². The molecule has 1 aliphatic heterocycles. The fourth-order valence-electron chi connectivity index (χ4n) is 3.53. The third-order valence-corrected chi connectivity index (χ3v) is 5.08. The van der Waals surface area contributed by atoms with Crippen molar-refractivity contribution in [3.8, 4) is 5.75 Å². The normalized spacial score (nSPS) is 15.3. The fourth-order valence-corrected chi connectivity index (χ4v) is 3.53. The van der Waals surface area contributed by atoms with Crippen molar-refractivity contribution < 1.29 is 9.84 Å². The number of pyridine rings is 1. The molecule has 2 aromatic rings. The molecule has 0 spiro atoms. The lowest BCUT2D eigenvalue weighted by Gasteiger charge is -2.17. The van der Waals surface area contributed by atoms with Crippen LogP contribution in [-0.4, -0.2) is 48.3 Å². The molecule has 0 aliphatic carbocycles. The van der Waals surface area contributed by atoms with Gasteiger partial charge in [-0.15, -0.1) is 0 Å². The molecule has 2 heterocycles. The van der Waals surface area contributed by atoms with Crippen LogP contribution in [0.25, 0.3) is 0 Å². The molecule has 1 atom stereocenters. The molecule has 0 amide bonds. The van der Waals surface area contributed by atoms with Gasteiger partial charge in [0.15, 0.2) is 5.96 Å². The summed E-state index contributed by atoms with van der Waals surface area (Å²) in [6.45, 7) is 9.79. The minimum atomic E-state index is -0.666. The van der Waals surface area contributed by atoms with Crippen LogP contribution in [-0.2, 0) is 6.54 Å². The molecule has 1 aliphatic rings. The Morgan fingerprint density at radius 1 is 1.19 bits per heavy atom. The number of aliphatic hydroxyl groups excluding tert-OH is 1. The van der Waals surface area contributed by atoms with E-state index in [1.807, 2.05) is 51.2 Å². The largest absolute Gasteiger partial charge is 0.491 e. The van der Waals surface area contributed by atoms with E-state index in [9.17, 15) is 5.11 Å². The number of rotatable bonds is 9. The molecule has 1 unspecified atom stereocenters. The van der Waals surface area contributed by atoms with Crippen molar-refractivity contribution in [1.29, 1.82) is 0 Å². The third-order valence-electron chi connectivity index (χ3n) is 5.08. The number of benzene rings is 1. The highest BCUT2D eigenvalue weighted by atomic mass is 16.5. The third kappa shape index (κ3) is 7.14. The van der Waals surface area contributed by atoms with Gasteiger partial charge in [0.05, 0.1) is 18.8 Å². The van der Waals surface area contributed by atoms with Gasteiger partial charge in [-0.3, -0.25) is 0 Å². The van der Waals surface area contributed by atoms with Crippen LogP contribution in [0.2, 0.25) is 0 Å². The lowest BCUT2D eigenvalue weighted by Crippen LogP contribution is -2.39. The van der Waals surface area contributed by atoms with Gasteiger partial charge in [-0.1, -0.05) is 18.2 Å². The Bertz CT molecular complexity index is 832. The quantitative estimate of drug-likeness (QED) is 0.423. The molecule has 168 valence electrons. The molecular formula is C24H35N5O2. The van der Waals surface area contributed by atoms with Gasteiger partial charge in [0.2, 0.25) is 0 Å². The Hall–Kier alpha value is -2.80. The fraction of sp³-hybridized carbons (Fsp3) is 0.500. The van der Waals surface area contributed by atoms with Gasteiger partial charge in [0.1, 0.15) is 11.6 Å². The standard InChI is InChI=1S/C24H35N5O2/c1-4-25-24(27-16-19-10-11-23(26-15-19)29-12-5-6-13-29)28-17-22(30)20-8-7-9-21(14-20)31-18(2)3/h7-11,14-15,18,22,30H,4-6,12-13,16-17H2,1-3H3,(H2,25,27,28). The van der Waals surface area contributed by atoms with E-state index >= 15 is 0 Å². The number of guanidine groups is 1. The van der Waals surface area contributed by atoms with Gasteiger partial charge in [0, 0.05) is 32.4 Å². The summed E-state index contributed by atoms with van der Waals surface area (Å²) >= 11 is 0. The van der Waals surface area contributed by atoms with E-state index in [0.717, 1.165) is 42.3 Å². The Morgan fingerprint density at radius 3 is 2.68 bits per heavy atom. The monoisotopic (exact) mass is 425 g/mol. The van der Waals surface area contributed by atoms with E-state index in [1.54, 1.807) is 0 Å². The second-order valence-electron chi connectivity index (χ2n) is 8.05. The van der Waals surface area contributed by atoms with Gasteiger partial charge < -0.3 is 25.4 Å². The van der Waals surface area contributed by atoms with Crippen LogP contribution in [0.4, 0.5) is 5.82 Å². The van der Waals surface area contributed by atoms with Crippen molar-refractivity contribution in [3.63, 3.8) is 0 Å². The Balaban J connectivity index is 1.55. The predicted molar refractivity (Wildman–Crippen MR) is 126 cm³/mol. The van der Waals surface area contributed by atoms with E-state index in [-0.39, 0.29) is 6.10 Å². The summed E-state index contributed by atoms with van der Waals surface area (Å²) in [5.41, 5.74) is 1.86. The number of nitrogens with one attached hydrogen (secondary N) is 2. The topological polar surface area (TPSA) is 82.0 Å². The first kappa shape index (κ1) is 22.9. The SMILES string of the molecule is CCNC(=NCc1ccc(N2CCCC2)nc1)NCC(O)c1cccc(OC(C)C)c1. The molecule has 1 saturated heterocycles. The summed E-state index contributed by atoms with van der Waals surface area (Å²) in [4.78, 5) is 11.6. The lowest BCUT2D eigenvalue weighted by molar-refractivity contribution is 0.179. The van der Waals surface area contributed by atoms with E-state index in [4.69, 9.17) is 4.74 Å². The molecule has 0 bridgehead atoms. The van der Waals surface area contributed by atoms with Crippen molar-refractivity contribution >= 4 is 11.8 Å². The minimum absolute atomic E-state index is 0.0944. The minimum Gasteiger partial charge on any atom is -0.491 e. The zero-order valence-corrected chi connectivity index (χ0v) is 18.8. The summed E-state index contributed by atoms with van der Waals surface area (Å²) in [7, 11) is 0. The molecule has 0 saturated carbocycles. The second-order valence-corrected chi connectivity index (χ2v) is 8.05. The highest BCUT2D eigenvalue weighted by Gasteiger charge is 2.13. The van der Waals surface area contributed by atoms with Crippen LogP contribution in [0.1, 0.15) is 50.8 Å². The smallest absolute Gasteiger partial charge is 0.191 e. The van der Waals surface area contributed by atoms with Crippen molar-refractivity contribution in [2.24, 2.45) is 4.99 Å². The van der Waals surface area contributed by atoms with Crippen molar-refractivity contribution in [2.75, 3.05) is 31.1 Å².